The Bertz CT molecular complexity index is 6.85. The van der Waals surface area contributed by atoms with Gasteiger partial charge < -0.3 is 16.4 Å². The normalized spacial score (nSPS) is 0. The second kappa shape index (κ2) is 40.7. The molecule has 0 atom stereocenters. The van der Waals surface area contributed by atoms with Crippen molar-refractivity contribution in [2.45, 2.75) is 0 Å². The molecule has 0 unspecified atom stereocenters. The molecule has 24 valence electrons. The van der Waals surface area contributed by atoms with E-state index in [1.807, 2.05) is 0 Å². The van der Waals surface area contributed by atoms with Crippen LogP contribution in [0, 0.1) is 39.9 Å². The summed E-state index contributed by atoms with van der Waals surface area (Å²) in [6.45, 7) is 0. The van der Waals surface area contributed by atoms with Gasteiger partial charge in [0.2, 0.25) is 0 Å². The van der Waals surface area contributed by atoms with Gasteiger partial charge in [0, 0.05) is 0 Å². The Hall–Kier alpha value is 1.83. The molecule has 0 N–H and O–H groups in total. The van der Waals surface area contributed by atoms with Crippen LogP contribution < -0.4 is 0 Å². The molecular weight excluding hydrogens is 345 g/mol. The maximum Gasteiger partial charge on any atom is 4.00 e. The van der Waals surface area contributed by atoms with Gasteiger partial charge >= 0.3 is 59.4 Å². The average molecular weight is 345 g/mol. The molecule has 0 aromatic heterocycles. The fraction of sp³-hybridized carbons (Fsp3) is 0. The van der Waals surface area contributed by atoms with Gasteiger partial charge in [-0.15, -0.1) is 0 Å². The number of hydrogen-bond acceptors (Lipinski definition) is 0. The molecule has 0 radical (unpaired) electrons. The van der Waals surface area contributed by atoms with Crippen LogP contribution >= 0.6 is 0 Å². The third-order valence-electron chi connectivity index (χ3n) is 0. The topological polar surface area (TPSA) is 85.5 Å². The summed E-state index contributed by atoms with van der Waals surface area (Å²) in [5.74, 6) is 0. The largest absolute Gasteiger partial charge is 4.00 e. The van der Waals surface area contributed by atoms with Gasteiger partial charge in [0.1, 0.15) is 0 Å². The summed E-state index contributed by atoms with van der Waals surface area (Å²) in [6.07, 6.45) is 0. The minimum Gasteiger partial charge on any atom is -2.00 e. The van der Waals surface area contributed by atoms with E-state index in [9.17, 15) is 0 Å². The van der Waals surface area contributed by atoms with E-state index >= 15 is 0 Å². The summed E-state index contributed by atoms with van der Waals surface area (Å²) in [5, 5.41) is 0. The van der Waals surface area contributed by atoms with Crippen LogP contribution in [0.1, 0.15) is 0 Å². The summed E-state index contributed by atoms with van der Waals surface area (Å²) in [7, 11) is 0. The molecule has 0 rings (SSSR count). The van der Waals surface area contributed by atoms with Crippen LogP contribution in [0.2, 0.25) is 0 Å². The van der Waals surface area contributed by atoms with Gasteiger partial charge in [-0.2, -0.15) is 0 Å². The van der Waals surface area contributed by atoms with E-state index < -0.39 is 0 Å². The Kier molecular flexibility index (Phi) is 564. The molecule has 0 aromatic carbocycles. The molecule has 0 saturated heterocycles. The summed E-state index contributed by atoms with van der Waals surface area (Å²) in [6, 6.07) is 0. The summed E-state index contributed by atoms with van der Waals surface area (Å²) in [5.41, 5.74) is 0. The maximum atomic E-state index is 0. The van der Waals surface area contributed by atoms with E-state index in [1.54, 1.807) is 0 Å². The first-order valence-corrected chi connectivity index (χ1v) is 0. The fourth-order valence-electron chi connectivity index (χ4n) is 0. The van der Waals surface area contributed by atoms with Gasteiger partial charge in [-0.3, -0.25) is 0 Å². The molecule has 0 aliphatic heterocycles. The van der Waals surface area contributed by atoms with Gasteiger partial charge in [-0.25, -0.2) is 0 Å². The summed E-state index contributed by atoms with van der Waals surface area (Å²) < 4.78 is 0. The fourth-order valence-corrected chi connectivity index (χ4v) is 0. The third-order valence-corrected chi connectivity index (χ3v) is 0. The van der Waals surface area contributed by atoms with Crippen LogP contribution in [0.15, 0.2) is 0 Å². The molecule has 5 heteroatoms. The first-order valence-electron chi connectivity index (χ1n) is 0. The van der Waals surface area contributed by atoms with Crippen LogP contribution in [-0.4, -0.2) is 0 Å². The Labute approximate surface area is 74.9 Å². The molecule has 0 spiro atoms. The van der Waals surface area contributed by atoms with E-state index in [4.69, 9.17) is 0 Å². The van der Waals surface area contributed by atoms with Crippen molar-refractivity contribution in [3.05, 3.63) is 0 Å². The Morgan fingerprint density at radius 1 is 0.600 bits per heavy atom. The van der Waals surface area contributed by atoms with E-state index in [2.05, 4.69) is 0 Å². The van der Waals surface area contributed by atoms with Gasteiger partial charge in [-0.05, 0) is 0 Å². The summed E-state index contributed by atoms with van der Waals surface area (Å²) in [4.78, 5) is 0. The zero-order chi connectivity index (χ0) is 0. The molecular formula is O3ThZn. The first kappa shape index (κ1) is 69.4. The van der Waals surface area contributed by atoms with Crippen molar-refractivity contribution < 1.29 is 75.8 Å². The van der Waals surface area contributed by atoms with Crippen molar-refractivity contribution in [2.24, 2.45) is 0 Å². The molecule has 0 heterocycles. The zero-order valence-corrected chi connectivity index (χ0v) is 9.51. The van der Waals surface area contributed by atoms with Crippen LogP contribution in [0.5, 0.6) is 0 Å². The molecule has 0 amide bonds. The quantitative estimate of drug-likeness (QED) is 0.537. The predicted octanol–water partition coefficient (Wildman–Crippen LogP) is -0.359. The number of rotatable bonds is 0. The second-order valence-electron chi connectivity index (χ2n) is 0. The van der Waals surface area contributed by atoms with E-state index in [0.717, 1.165) is 0 Å². The van der Waals surface area contributed by atoms with E-state index in [-0.39, 0.29) is 75.8 Å². The molecule has 0 aliphatic rings. The van der Waals surface area contributed by atoms with Crippen molar-refractivity contribution in [3.8, 4) is 0 Å². The Balaban J connectivity index is 0. The second-order valence-corrected chi connectivity index (χ2v) is 0. The zero-order valence-electron chi connectivity index (χ0n) is 2.43. The van der Waals surface area contributed by atoms with E-state index in [0.29, 0.717) is 0 Å². The van der Waals surface area contributed by atoms with E-state index in [1.165, 1.54) is 0 Å². The van der Waals surface area contributed by atoms with Gasteiger partial charge in [0.05, 0.1) is 0 Å². The standard InChI is InChI=1S/3O.Th.Zn/q3*-2;+4;+2. The predicted molar refractivity (Wildman–Crippen MR) is 2.06 cm³/mol. The van der Waals surface area contributed by atoms with Crippen LogP contribution in [0.4, 0.5) is 0 Å². The van der Waals surface area contributed by atoms with Crippen molar-refractivity contribution in [2.75, 3.05) is 0 Å². The summed E-state index contributed by atoms with van der Waals surface area (Å²) >= 11 is 0. The van der Waals surface area contributed by atoms with Crippen LogP contribution in [0.3, 0.4) is 0 Å². The van der Waals surface area contributed by atoms with Gasteiger partial charge in [0.15, 0.2) is 0 Å². The van der Waals surface area contributed by atoms with Crippen LogP contribution in [-0.2, 0) is 35.9 Å². The molecule has 0 fully saturated rings. The molecule has 0 saturated carbocycles. The molecule has 0 aliphatic carbocycles. The Morgan fingerprint density at radius 3 is 0.600 bits per heavy atom. The van der Waals surface area contributed by atoms with Gasteiger partial charge in [0.25, 0.3) is 0 Å². The minimum absolute atomic E-state index is 0. The van der Waals surface area contributed by atoms with Crippen LogP contribution in [0.25, 0.3) is 0 Å². The Morgan fingerprint density at radius 2 is 0.600 bits per heavy atom. The van der Waals surface area contributed by atoms with Gasteiger partial charge in [-0.1, -0.05) is 0 Å². The van der Waals surface area contributed by atoms with Crippen molar-refractivity contribution in [3.63, 3.8) is 0 Å². The SMILES string of the molecule is [O-2].[O-2].[O-2].[Th+4].[Zn+2]. The molecule has 0 bridgehead atoms. The third kappa shape index (κ3) is 25.6. The molecule has 5 heavy (non-hydrogen) atoms. The molecule has 0 aromatic rings. The number of hydrogen-bond donors (Lipinski definition) is 0. The maximum absolute atomic E-state index is 0. The van der Waals surface area contributed by atoms with Crippen molar-refractivity contribution in [1.29, 1.82) is 0 Å². The smallest absolute Gasteiger partial charge is 2.00 e. The average Bonchev–Trinajstić information content (AvgIpc) is 0. The first-order chi connectivity index (χ1) is 0. The monoisotopic (exact) mass is 344 g/mol. The van der Waals surface area contributed by atoms with Crippen molar-refractivity contribution >= 4 is 0 Å². The van der Waals surface area contributed by atoms with Crippen molar-refractivity contribution in [1.82, 2.24) is 0 Å². The molecule has 3 nitrogen and oxygen atoms in total. The minimum atomic E-state index is 0.